The van der Waals surface area contributed by atoms with Crippen molar-refractivity contribution in [2.45, 2.75) is 26.2 Å². The third-order valence-corrected chi connectivity index (χ3v) is 4.63. The Hall–Kier alpha value is -3.40. The highest BCUT2D eigenvalue weighted by atomic mass is 16.5. The summed E-state index contributed by atoms with van der Waals surface area (Å²) < 4.78 is 10.5. The number of ether oxygens (including phenoxy) is 2. The van der Waals surface area contributed by atoms with Crippen LogP contribution in [0, 0.1) is 0 Å². The smallest absolute Gasteiger partial charge is 0.343 e. The quantitative estimate of drug-likeness (QED) is 0.457. The van der Waals surface area contributed by atoms with Gasteiger partial charge in [0.15, 0.2) is 0 Å². The van der Waals surface area contributed by atoms with Gasteiger partial charge in [-0.15, -0.1) is 0 Å². The van der Waals surface area contributed by atoms with Crippen molar-refractivity contribution in [2.75, 3.05) is 0 Å². The lowest BCUT2D eigenvalue weighted by atomic mass is 9.78. The van der Waals surface area contributed by atoms with Gasteiger partial charge in [0.2, 0.25) is 0 Å². The van der Waals surface area contributed by atoms with E-state index in [0.717, 1.165) is 11.1 Å². The van der Waals surface area contributed by atoms with Crippen LogP contribution in [0.5, 0.6) is 11.5 Å². The molecule has 0 atom stereocenters. The summed E-state index contributed by atoms with van der Waals surface area (Å²) in [7, 11) is 0. The zero-order valence-electron chi connectivity index (χ0n) is 16.1. The van der Waals surface area contributed by atoms with E-state index in [1.54, 1.807) is 48.5 Å². The Labute approximate surface area is 164 Å². The fraction of sp³-hybridized carbons (Fsp3) is 0.167. The lowest BCUT2D eigenvalue weighted by Crippen LogP contribution is -2.19. The monoisotopic (exact) mass is 374 g/mol. The zero-order chi connectivity index (χ0) is 20.1. The Morgan fingerprint density at radius 3 is 1.61 bits per heavy atom. The SMILES string of the molecule is CC(=O)Oc1ccc(C(C)(C)c2ccc(OC(=O)c3ccccc3)cc2)cc1. The molecule has 0 saturated carbocycles. The molecule has 4 nitrogen and oxygen atoms in total. The van der Waals surface area contributed by atoms with Gasteiger partial charge in [0, 0.05) is 12.3 Å². The predicted octanol–water partition coefficient (Wildman–Crippen LogP) is 5.16. The standard InChI is InChI=1S/C24H22O4/c1-17(25)27-21-13-9-19(10-14-21)24(2,3)20-11-15-22(16-12-20)28-23(26)18-7-5-4-6-8-18/h4-16H,1-3H3. The van der Waals surface area contributed by atoms with Gasteiger partial charge < -0.3 is 9.47 Å². The number of benzene rings is 3. The molecular formula is C24H22O4. The minimum absolute atomic E-state index is 0.267. The Morgan fingerprint density at radius 2 is 1.14 bits per heavy atom. The van der Waals surface area contributed by atoms with Crippen molar-refractivity contribution in [3.05, 3.63) is 95.6 Å². The average Bonchev–Trinajstić information content (AvgIpc) is 2.69. The summed E-state index contributed by atoms with van der Waals surface area (Å²) in [5.74, 6) is 0.301. The van der Waals surface area contributed by atoms with E-state index >= 15 is 0 Å². The summed E-state index contributed by atoms with van der Waals surface area (Å²) in [6.45, 7) is 5.60. The van der Waals surface area contributed by atoms with Crippen molar-refractivity contribution in [3.63, 3.8) is 0 Å². The molecule has 3 rings (SSSR count). The van der Waals surface area contributed by atoms with Crippen LogP contribution in [0.4, 0.5) is 0 Å². The van der Waals surface area contributed by atoms with E-state index in [2.05, 4.69) is 13.8 Å². The topological polar surface area (TPSA) is 52.6 Å². The molecule has 0 N–H and O–H groups in total. The number of carbonyl (C=O) groups is 2. The first-order chi connectivity index (χ1) is 13.4. The normalized spacial score (nSPS) is 11.0. The third kappa shape index (κ3) is 4.46. The van der Waals surface area contributed by atoms with Crippen molar-refractivity contribution < 1.29 is 19.1 Å². The minimum atomic E-state index is -0.381. The van der Waals surface area contributed by atoms with Gasteiger partial charge in [-0.2, -0.15) is 0 Å². The van der Waals surface area contributed by atoms with Crippen LogP contribution < -0.4 is 9.47 Å². The van der Waals surface area contributed by atoms with E-state index in [9.17, 15) is 9.59 Å². The van der Waals surface area contributed by atoms with Crippen molar-refractivity contribution in [1.82, 2.24) is 0 Å². The van der Waals surface area contributed by atoms with E-state index in [1.807, 2.05) is 30.3 Å². The summed E-state index contributed by atoms with van der Waals surface area (Å²) >= 11 is 0. The molecule has 0 aliphatic carbocycles. The summed E-state index contributed by atoms with van der Waals surface area (Å²) in [5.41, 5.74) is 2.40. The number of hydrogen-bond donors (Lipinski definition) is 0. The molecule has 0 unspecified atom stereocenters. The molecule has 0 amide bonds. The van der Waals surface area contributed by atoms with Gasteiger partial charge >= 0.3 is 11.9 Å². The van der Waals surface area contributed by atoms with Crippen molar-refractivity contribution in [3.8, 4) is 11.5 Å². The Kier molecular flexibility index (Phi) is 5.59. The molecule has 0 aliphatic rings. The highest BCUT2D eigenvalue weighted by Gasteiger charge is 2.23. The molecule has 4 heteroatoms. The summed E-state index contributed by atoms with van der Waals surface area (Å²) in [4.78, 5) is 23.2. The largest absolute Gasteiger partial charge is 0.427 e. The predicted molar refractivity (Wildman–Crippen MR) is 108 cm³/mol. The molecule has 0 spiro atoms. The second kappa shape index (κ2) is 8.09. The molecule has 0 saturated heterocycles. The molecule has 0 radical (unpaired) electrons. The van der Waals surface area contributed by atoms with Crippen LogP contribution in [0.25, 0.3) is 0 Å². The van der Waals surface area contributed by atoms with Gasteiger partial charge in [0.1, 0.15) is 11.5 Å². The molecule has 0 fully saturated rings. The van der Waals surface area contributed by atoms with Crippen LogP contribution >= 0.6 is 0 Å². The van der Waals surface area contributed by atoms with Crippen LogP contribution in [-0.4, -0.2) is 11.9 Å². The van der Waals surface area contributed by atoms with E-state index in [1.165, 1.54) is 6.92 Å². The Morgan fingerprint density at radius 1 is 0.679 bits per heavy atom. The lowest BCUT2D eigenvalue weighted by Gasteiger charge is -2.26. The molecule has 0 aliphatic heterocycles. The van der Waals surface area contributed by atoms with Crippen LogP contribution in [0.3, 0.4) is 0 Å². The number of hydrogen-bond acceptors (Lipinski definition) is 4. The number of carbonyl (C=O) groups excluding carboxylic acids is 2. The first kappa shape index (κ1) is 19.4. The molecule has 3 aromatic carbocycles. The molecule has 28 heavy (non-hydrogen) atoms. The second-order valence-electron chi connectivity index (χ2n) is 7.02. The highest BCUT2D eigenvalue weighted by molar-refractivity contribution is 5.90. The lowest BCUT2D eigenvalue weighted by molar-refractivity contribution is -0.131. The van der Waals surface area contributed by atoms with Crippen molar-refractivity contribution >= 4 is 11.9 Å². The third-order valence-electron chi connectivity index (χ3n) is 4.63. The molecule has 0 bridgehead atoms. The van der Waals surface area contributed by atoms with E-state index in [0.29, 0.717) is 17.1 Å². The molecule has 0 heterocycles. The van der Waals surface area contributed by atoms with E-state index in [4.69, 9.17) is 9.47 Å². The van der Waals surface area contributed by atoms with Gasteiger partial charge in [-0.1, -0.05) is 56.3 Å². The Bertz CT molecular complexity index is 956. The van der Waals surface area contributed by atoms with Gasteiger partial charge in [-0.25, -0.2) is 4.79 Å². The zero-order valence-corrected chi connectivity index (χ0v) is 16.1. The maximum absolute atomic E-state index is 12.2. The summed E-state index contributed by atoms with van der Waals surface area (Å²) in [6, 6.07) is 23.9. The molecular weight excluding hydrogens is 352 g/mol. The van der Waals surface area contributed by atoms with Gasteiger partial charge in [-0.05, 0) is 47.5 Å². The van der Waals surface area contributed by atoms with Gasteiger partial charge in [0.25, 0.3) is 0 Å². The van der Waals surface area contributed by atoms with Crippen LogP contribution in [0.15, 0.2) is 78.9 Å². The first-order valence-electron chi connectivity index (χ1n) is 9.03. The minimum Gasteiger partial charge on any atom is -0.427 e. The molecule has 142 valence electrons. The van der Waals surface area contributed by atoms with Gasteiger partial charge in [0.05, 0.1) is 5.56 Å². The molecule has 0 aromatic heterocycles. The van der Waals surface area contributed by atoms with Crippen LogP contribution in [-0.2, 0) is 10.2 Å². The van der Waals surface area contributed by atoms with Crippen molar-refractivity contribution in [1.29, 1.82) is 0 Å². The highest BCUT2D eigenvalue weighted by Crippen LogP contribution is 2.33. The second-order valence-corrected chi connectivity index (χ2v) is 7.02. The van der Waals surface area contributed by atoms with E-state index in [-0.39, 0.29) is 17.4 Å². The Balaban J connectivity index is 1.74. The fourth-order valence-electron chi connectivity index (χ4n) is 2.95. The summed E-state index contributed by atoms with van der Waals surface area (Å²) in [6.07, 6.45) is 0. The average molecular weight is 374 g/mol. The summed E-state index contributed by atoms with van der Waals surface area (Å²) in [5, 5.41) is 0. The molecule has 3 aromatic rings. The van der Waals surface area contributed by atoms with Gasteiger partial charge in [-0.3, -0.25) is 4.79 Å². The van der Waals surface area contributed by atoms with Crippen LogP contribution in [0.2, 0.25) is 0 Å². The van der Waals surface area contributed by atoms with Crippen LogP contribution in [0.1, 0.15) is 42.3 Å². The first-order valence-corrected chi connectivity index (χ1v) is 9.03. The fourth-order valence-corrected chi connectivity index (χ4v) is 2.95. The maximum Gasteiger partial charge on any atom is 0.343 e. The van der Waals surface area contributed by atoms with Crippen molar-refractivity contribution in [2.24, 2.45) is 0 Å². The maximum atomic E-state index is 12.2. The van der Waals surface area contributed by atoms with E-state index < -0.39 is 0 Å². The number of rotatable bonds is 5. The number of esters is 2.